The Balaban J connectivity index is 1.67. The molecule has 0 atom stereocenters. The van der Waals surface area contributed by atoms with Crippen LogP contribution in [0.1, 0.15) is 87.4 Å². The summed E-state index contributed by atoms with van der Waals surface area (Å²) < 4.78 is 4.95. The van der Waals surface area contributed by atoms with Crippen LogP contribution in [0.2, 0.25) is 0 Å². The van der Waals surface area contributed by atoms with Crippen LogP contribution in [-0.4, -0.2) is 28.3 Å². The van der Waals surface area contributed by atoms with Gasteiger partial charge < -0.3 is 4.74 Å². The minimum absolute atomic E-state index is 0.134. The molecule has 2 heterocycles. The second-order valence-corrected chi connectivity index (χ2v) is 9.54. The van der Waals surface area contributed by atoms with Crippen molar-refractivity contribution in [3.05, 3.63) is 52.6 Å². The second-order valence-electron chi connectivity index (χ2n) is 8.40. The maximum absolute atomic E-state index is 11.4. The number of hydrogen-bond donors (Lipinski definition) is 0. The Morgan fingerprint density at radius 1 is 1.12 bits per heavy atom. The number of ether oxygens (including phenoxy) is 1. The van der Waals surface area contributed by atoms with Crippen molar-refractivity contribution in [1.82, 2.24) is 9.97 Å². The molecule has 1 aromatic carbocycles. The highest BCUT2D eigenvalue weighted by atomic mass is 32.2. The molecule has 32 heavy (non-hydrogen) atoms. The molecule has 1 aromatic heterocycles. The van der Waals surface area contributed by atoms with Gasteiger partial charge in [0.2, 0.25) is 0 Å². The van der Waals surface area contributed by atoms with Gasteiger partial charge in [0.05, 0.1) is 12.2 Å². The minimum Gasteiger partial charge on any atom is -0.466 e. The van der Waals surface area contributed by atoms with Gasteiger partial charge >= 0.3 is 5.97 Å². The van der Waals surface area contributed by atoms with E-state index in [1.807, 2.05) is 18.7 Å². The number of carbonyl (C=O) groups excluding carboxylic acids is 1. The highest BCUT2D eigenvalue weighted by molar-refractivity contribution is 7.99. The van der Waals surface area contributed by atoms with E-state index in [4.69, 9.17) is 4.74 Å². The number of nitrogens with zero attached hydrogens (tertiary/aromatic N) is 2. The van der Waals surface area contributed by atoms with Crippen LogP contribution < -0.4 is 0 Å². The molecule has 0 bridgehead atoms. The lowest BCUT2D eigenvalue weighted by molar-refractivity contribution is -0.143. The number of aryl methyl sites for hydroxylation is 2. The van der Waals surface area contributed by atoms with Crippen molar-refractivity contribution in [2.24, 2.45) is 0 Å². The van der Waals surface area contributed by atoms with E-state index in [-0.39, 0.29) is 11.4 Å². The van der Waals surface area contributed by atoms with Crippen LogP contribution in [0.5, 0.6) is 0 Å². The first-order valence-corrected chi connectivity index (χ1v) is 12.8. The average Bonchev–Trinajstić information content (AvgIpc) is 2.81. The molecule has 1 aliphatic rings. The number of esters is 1. The second kappa shape index (κ2) is 11.5. The van der Waals surface area contributed by atoms with Gasteiger partial charge in [-0.3, -0.25) is 4.79 Å². The number of unbranched alkanes of at least 4 members (excludes halogenated alkanes) is 1. The maximum Gasteiger partial charge on any atom is 0.305 e. The molecule has 5 heteroatoms. The Bertz CT molecular complexity index is 985. The van der Waals surface area contributed by atoms with Crippen molar-refractivity contribution in [3.8, 4) is 11.8 Å². The molecule has 2 aromatic rings. The molecular formula is C27H34N2O2S. The van der Waals surface area contributed by atoms with Crippen molar-refractivity contribution >= 4 is 17.7 Å². The molecule has 0 amide bonds. The predicted octanol–water partition coefficient (Wildman–Crippen LogP) is 6.01. The molecule has 0 aliphatic carbocycles. The zero-order valence-corrected chi connectivity index (χ0v) is 20.6. The molecular weight excluding hydrogens is 416 g/mol. The Labute approximate surface area is 197 Å². The van der Waals surface area contributed by atoms with Crippen LogP contribution in [0.15, 0.2) is 29.4 Å². The molecule has 0 N–H and O–H groups in total. The van der Waals surface area contributed by atoms with Crippen molar-refractivity contribution in [3.63, 3.8) is 0 Å². The number of fused-ring (bicyclic) bond motifs is 1. The Kier molecular flexibility index (Phi) is 8.75. The summed E-state index contributed by atoms with van der Waals surface area (Å²) in [7, 11) is 0. The fourth-order valence-electron chi connectivity index (χ4n) is 4.30. The van der Waals surface area contributed by atoms with Gasteiger partial charge in [0, 0.05) is 35.7 Å². The third kappa shape index (κ3) is 5.92. The van der Waals surface area contributed by atoms with E-state index in [2.05, 4.69) is 54.7 Å². The first-order valence-electron chi connectivity index (χ1n) is 11.8. The number of rotatable bonds is 8. The number of thioether (sulfide) groups is 1. The molecule has 0 unspecified atom stereocenters. The molecule has 0 spiro atoms. The van der Waals surface area contributed by atoms with Crippen LogP contribution in [0.25, 0.3) is 0 Å². The summed E-state index contributed by atoms with van der Waals surface area (Å²) in [6.45, 7) is 9.03. The lowest BCUT2D eigenvalue weighted by Gasteiger charge is -2.38. The Hall–Kier alpha value is -2.32. The summed E-state index contributed by atoms with van der Waals surface area (Å²) in [5.41, 5.74) is 4.90. The quantitative estimate of drug-likeness (QED) is 0.280. The largest absolute Gasteiger partial charge is 0.466 e. The summed E-state index contributed by atoms with van der Waals surface area (Å²) in [6, 6.07) is 4.65. The molecule has 1 aliphatic heterocycles. The van der Waals surface area contributed by atoms with Crippen molar-refractivity contribution < 1.29 is 9.53 Å². The van der Waals surface area contributed by atoms with E-state index >= 15 is 0 Å². The van der Waals surface area contributed by atoms with Gasteiger partial charge in [0.25, 0.3) is 0 Å². The SMILES string of the molecule is CCOC(=O)CCCCc1ncc(C#Cc2cc3c(cc2C)SCCC3(CC)CC)cn1. The lowest BCUT2D eigenvalue weighted by atomic mass is 9.73. The van der Waals surface area contributed by atoms with E-state index in [1.54, 1.807) is 12.4 Å². The lowest BCUT2D eigenvalue weighted by Crippen LogP contribution is -2.29. The normalized spacial score (nSPS) is 14.2. The molecule has 170 valence electrons. The topological polar surface area (TPSA) is 52.1 Å². The number of aromatic nitrogens is 2. The van der Waals surface area contributed by atoms with E-state index in [1.165, 1.54) is 41.0 Å². The van der Waals surface area contributed by atoms with Gasteiger partial charge in [-0.2, -0.15) is 0 Å². The highest BCUT2D eigenvalue weighted by Crippen LogP contribution is 2.46. The zero-order valence-electron chi connectivity index (χ0n) is 19.8. The standard InChI is InChI=1S/C27H34N2O2S/c1-5-27(6-2)14-15-32-24-16-20(4)22(17-23(24)27)13-12-21-18-28-25(29-19-21)10-8-9-11-26(30)31-7-3/h16-19H,5-11,14-15H2,1-4H3. The van der Waals surface area contributed by atoms with Crippen LogP contribution in [-0.2, 0) is 21.4 Å². The summed E-state index contributed by atoms with van der Waals surface area (Å²) in [5, 5.41) is 0. The molecule has 4 nitrogen and oxygen atoms in total. The highest BCUT2D eigenvalue weighted by Gasteiger charge is 2.34. The third-order valence-corrected chi connectivity index (χ3v) is 7.53. The first kappa shape index (κ1) is 24.3. The third-order valence-electron chi connectivity index (χ3n) is 6.47. The van der Waals surface area contributed by atoms with Gasteiger partial charge in [-0.15, -0.1) is 11.8 Å². The summed E-state index contributed by atoms with van der Waals surface area (Å²) in [5.74, 6) is 8.48. The first-order chi connectivity index (χ1) is 15.5. The van der Waals surface area contributed by atoms with E-state index in [9.17, 15) is 4.79 Å². The zero-order chi connectivity index (χ0) is 23.0. The molecule has 0 fully saturated rings. The number of hydrogen-bond acceptors (Lipinski definition) is 5. The predicted molar refractivity (Wildman–Crippen MR) is 131 cm³/mol. The fraction of sp³-hybridized carbons (Fsp3) is 0.519. The van der Waals surface area contributed by atoms with Crippen LogP contribution in [0, 0.1) is 18.8 Å². The summed E-state index contributed by atoms with van der Waals surface area (Å²) in [6.07, 6.45) is 10.0. The summed E-state index contributed by atoms with van der Waals surface area (Å²) in [4.78, 5) is 21.7. The monoisotopic (exact) mass is 450 g/mol. The molecule has 0 saturated carbocycles. The average molecular weight is 451 g/mol. The van der Waals surface area contributed by atoms with Crippen molar-refractivity contribution in [1.29, 1.82) is 0 Å². The van der Waals surface area contributed by atoms with Crippen LogP contribution in [0.3, 0.4) is 0 Å². The fourth-order valence-corrected chi connectivity index (χ4v) is 5.70. The van der Waals surface area contributed by atoms with E-state index < -0.39 is 0 Å². The van der Waals surface area contributed by atoms with Crippen molar-refractivity contribution in [2.75, 3.05) is 12.4 Å². The van der Waals surface area contributed by atoms with E-state index in [0.29, 0.717) is 13.0 Å². The number of benzene rings is 1. The summed E-state index contributed by atoms with van der Waals surface area (Å²) >= 11 is 1.98. The Morgan fingerprint density at radius 2 is 1.88 bits per heavy atom. The van der Waals surface area contributed by atoms with Gasteiger partial charge in [0.15, 0.2) is 0 Å². The van der Waals surface area contributed by atoms with Gasteiger partial charge in [-0.25, -0.2) is 9.97 Å². The number of carbonyl (C=O) groups is 1. The maximum atomic E-state index is 11.4. The molecule has 3 rings (SSSR count). The minimum atomic E-state index is -0.134. The van der Waals surface area contributed by atoms with Crippen molar-refractivity contribution in [2.45, 2.75) is 83.0 Å². The smallest absolute Gasteiger partial charge is 0.305 e. The van der Waals surface area contributed by atoms with Gasteiger partial charge in [0.1, 0.15) is 5.82 Å². The Morgan fingerprint density at radius 3 is 2.56 bits per heavy atom. The van der Waals surface area contributed by atoms with Gasteiger partial charge in [-0.05, 0) is 80.4 Å². The molecule has 0 saturated heterocycles. The van der Waals surface area contributed by atoms with E-state index in [0.717, 1.165) is 36.2 Å². The van der Waals surface area contributed by atoms with Crippen LogP contribution >= 0.6 is 11.8 Å². The van der Waals surface area contributed by atoms with Crippen LogP contribution in [0.4, 0.5) is 0 Å². The van der Waals surface area contributed by atoms with Gasteiger partial charge in [-0.1, -0.05) is 25.7 Å². The molecule has 0 radical (unpaired) electrons.